The van der Waals surface area contributed by atoms with Gasteiger partial charge < -0.3 is 28.7 Å². The van der Waals surface area contributed by atoms with Gasteiger partial charge in [-0.2, -0.15) is 0 Å². The van der Waals surface area contributed by atoms with Crippen LogP contribution in [0.1, 0.15) is 49.0 Å². The summed E-state index contributed by atoms with van der Waals surface area (Å²) in [7, 11) is 3.24. The number of methoxy groups -OCH3 is 2. The molecule has 9 heteroatoms. The van der Waals surface area contributed by atoms with Gasteiger partial charge in [0.2, 0.25) is 12.7 Å². The molecule has 1 spiro atoms. The van der Waals surface area contributed by atoms with Gasteiger partial charge in [0.05, 0.1) is 25.9 Å². The van der Waals surface area contributed by atoms with Crippen molar-refractivity contribution in [2.75, 3.05) is 40.6 Å². The van der Waals surface area contributed by atoms with E-state index >= 15 is 0 Å². The summed E-state index contributed by atoms with van der Waals surface area (Å²) in [5.74, 6) is 3.14. The van der Waals surface area contributed by atoms with Crippen molar-refractivity contribution in [2.45, 2.75) is 51.2 Å². The van der Waals surface area contributed by atoms with Gasteiger partial charge in [0.15, 0.2) is 23.0 Å². The Morgan fingerprint density at radius 1 is 1.05 bits per heavy atom. The molecular weight excluding hydrogens is 486 g/mol. The van der Waals surface area contributed by atoms with E-state index in [9.17, 15) is 9.59 Å². The molecule has 2 aromatic carbocycles. The number of benzene rings is 2. The summed E-state index contributed by atoms with van der Waals surface area (Å²) in [6.07, 6.45) is 2.84. The van der Waals surface area contributed by atoms with Gasteiger partial charge in [-0.3, -0.25) is 14.9 Å². The van der Waals surface area contributed by atoms with Crippen molar-refractivity contribution in [1.82, 2.24) is 15.1 Å². The Labute approximate surface area is 224 Å². The molecule has 1 N–H and O–H groups in total. The summed E-state index contributed by atoms with van der Waals surface area (Å²) in [4.78, 5) is 30.8. The van der Waals surface area contributed by atoms with Gasteiger partial charge in [0.1, 0.15) is 0 Å². The highest BCUT2D eigenvalue weighted by Gasteiger charge is 2.51. The highest BCUT2D eigenvalue weighted by atomic mass is 16.7. The zero-order valence-corrected chi connectivity index (χ0v) is 22.6. The van der Waals surface area contributed by atoms with Crippen LogP contribution in [0.5, 0.6) is 23.0 Å². The van der Waals surface area contributed by atoms with Gasteiger partial charge in [0, 0.05) is 38.0 Å². The first-order valence-electron chi connectivity index (χ1n) is 13.3. The van der Waals surface area contributed by atoms with Crippen LogP contribution in [0.15, 0.2) is 36.4 Å². The number of carbonyl (C=O) groups excluding carboxylic acids is 2. The molecule has 2 aromatic rings. The van der Waals surface area contributed by atoms with Gasteiger partial charge in [0.25, 0.3) is 5.91 Å². The number of likely N-dealkylation sites (tertiary alicyclic amines) is 1. The van der Waals surface area contributed by atoms with E-state index in [1.54, 1.807) is 32.4 Å². The van der Waals surface area contributed by atoms with Gasteiger partial charge in [-0.25, -0.2) is 0 Å². The Kier molecular flexibility index (Phi) is 7.38. The van der Waals surface area contributed by atoms with Crippen LogP contribution < -0.4 is 24.3 Å². The van der Waals surface area contributed by atoms with E-state index in [1.165, 1.54) is 0 Å². The summed E-state index contributed by atoms with van der Waals surface area (Å²) in [6, 6.07) is 11.0. The van der Waals surface area contributed by atoms with Crippen molar-refractivity contribution in [3.63, 3.8) is 0 Å². The number of rotatable bonds is 8. The fraction of sp³-hybridized carbons (Fsp3) is 0.517. The molecule has 3 aliphatic heterocycles. The highest BCUT2D eigenvalue weighted by Crippen LogP contribution is 2.37. The van der Waals surface area contributed by atoms with Gasteiger partial charge >= 0.3 is 0 Å². The summed E-state index contributed by atoms with van der Waals surface area (Å²) < 4.78 is 21.7. The number of fused-ring (bicyclic) bond motifs is 1. The van der Waals surface area contributed by atoms with E-state index in [0.717, 1.165) is 12.0 Å². The fourth-order valence-electron chi connectivity index (χ4n) is 5.80. The zero-order valence-electron chi connectivity index (χ0n) is 22.6. The second-order valence-electron chi connectivity index (χ2n) is 10.6. The van der Waals surface area contributed by atoms with Gasteiger partial charge in [-0.15, -0.1) is 0 Å². The van der Waals surface area contributed by atoms with Crippen LogP contribution in [0.2, 0.25) is 0 Å². The third-order valence-electron chi connectivity index (χ3n) is 7.80. The smallest absolute Gasteiger partial charge is 0.253 e. The minimum atomic E-state index is -0.459. The van der Waals surface area contributed by atoms with Crippen molar-refractivity contribution in [3.8, 4) is 23.0 Å². The van der Waals surface area contributed by atoms with E-state index < -0.39 is 5.66 Å². The van der Waals surface area contributed by atoms with Crippen LogP contribution in [0.3, 0.4) is 0 Å². The van der Waals surface area contributed by atoms with Gasteiger partial charge in [-0.05, 0) is 54.7 Å². The monoisotopic (exact) mass is 523 g/mol. The quantitative estimate of drug-likeness (QED) is 0.567. The molecule has 0 aromatic heterocycles. The maximum Gasteiger partial charge on any atom is 0.253 e. The topological polar surface area (TPSA) is 89.6 Å². The van der Waals surface area contributed by atoms with Crippen LogP contribution in [0.4, 0.5) is 0 Å². The van der Waals surface area contributed by atoms with Crippen LogP contribution in [0.25, 0.3) is 0 Å². The number of nitrogens with zero attached hydrogens (tertiary/aromatic N) is 2. The molecule has 3 heterocycles. The molecule has 0 aliphatic carbocycles. The van der Waals surface area contributed by atoms with Crippen LogP contribution >= 0.6 is 0 Å². The van der Waals surface area contributed by atoms with Crippen LogP contribution in [-0.2, 0) is 11.2 Å². The molecule has 2 saturated heterocycles. The number of hydrogen-bond acceptors (Lipinski definition) is 7. The maximum atomic E-state index is 13.6. The normalized spacial score (nSPS) is 19.9. The number of nitrogens with one attached hydrogen (secondary N) is 1. The summed E-state index contributed by atoms with van der Waals surface area (Å²) >= 11 is 0. The number of piperidine rings is 1. The molecule has 5 rings (SSSR count). The average Bonchev–Trinajstić information content (AvgIpc) is 3.49. The van der Waals surface area contributed by atoms with E-state index in [4.69, 9.17) is 18.9 Å². The summed E-state index contributed by atoms with van der Waals surface area (Å²) in [5, 5.41) is 3.71. The lowest BCUT2D eigenvalue weighted by Crippen LogP contribution is -2.60. The van der Waals surface area contributed by atoms with Crippen molar-refractivity contribution in [3.05, 3.63) is 47.5 Å². The number of hydrogen-bond donors (Lipinski definition) is 1. The zero-order chi connectivity index (χ0) is 26.9. The van der Waals surface area contributed by atoms with Crippen molar-refractivity contribution in [2.24, 2.45) is 5.92 Å². The molecule has 2 amide bonds. The molecule has 1 atom stereocenters. The largest absolute Gasteiger partial charge is 0.493 e. The molecule has 0 radical (unpaired) electrons. The molecule has 1 unspecified atom stereocenters. The molecule has 0 bridgehead atoms. The lowest BCUT2D eigenvalue weighted by atomic mass is 9.94. The van der Waals surface area contributed by atoms with Crippen LogP contribution in [0, 0.1) is 5.92 Å². The Balaban J connectivity index is 1.30. The molecule has 3 aliphatic rings. The third-order valence-corrected chi connectivity index (χ3v) is 7.80. The van der Waals surface area contributed by atoms with E-state index in [-0.39, 0.29) is 24.6 Å². The Bertz CT molecular complexity index is 1190. The first-order chi connectivity index (χ1) is 18.3. The van der Waals surface area contributed by atoms with Gasteiger partial charge in [-0.1, -0.05) is 19.9 Å². The predicted octanol–water partition coefficient (Wildman–Crippen LogP) is 3.45. The number of amides is 2. The molecule has 0 saturated carbocycles. The van der Waals surface area contributed by atoms with Crippen molar-refractivity contribution >= 4 is 11.8 Å². The van der Waals surface area contributed by atoms with E-state index in [2.05, 4.69) is 19.2 Å². The summed E-state index contributed by atoms with van der Waals surface area (Å²) in [6.45, 7) is 6.17. The Hall–Kier alpha value is -3.46. The molecular formula is C29H37N3O6. The third kappa shape index (κ3) is 4.99. The lowest BCUT2D eigenvalue weighted by Gasteiger charge is -2.44. The predicted molar refractivity (Wildman–Crippen MR) is 142 cm³/mol. The fourth-order valence-corrected chi connectivity index (χ4v) is 5.80. The Morgan fingerprint density at radius 2 is 1.79 bits per heavy atom. The van der Waals surface area contributed by atoms with E-state index in [0.29, 0.717) is 73.4 Å². The standard InChI is InChI=1S/C29H37N3O6/c1-19(2)15-22-28(34)32(12-9-20-5-7-23(35-3)25(16-20)36-4)29(30-22)10-13-31(14-11-29)27(33)21-6-8-24-26(17-21)38-18-37-24/h5-8,16-17,19,22,30H,9-15,18H2,1-4H3. The lowest BCUT2D eigenvalue weighted by molar-refractivity contribution is -0.133. The maximum absolute atomic E-state index is 13.6. The van der Waals surface area contributed by atoms with E-state index in [1.807, 2.05) is 28.0 Å². The SMILES string of the molecule is COc1ccc(CCN2C(=O)C(CC(C)C)NC23CCN(C(=O)c2ccc4c(c2)OCO4)CC3)cc1OC. The average molecular weight is 524 g/mol. The second kappa shape index (κ2) is 10.7. The second-order valence-corrected chi connectivity index (χ2v) is 10.6. The summed E-state index contributed by atoms with van der Waals surface area (Å²) in [5.41, 5.74) is 1.20. The van der Waals surface area contributed by atoms with Crippen LogP contribution in [-0.4, -0.2) is 74.0 Å². The van der Waals surface area contributed by atoms with Crippen molar-refractivity contribution in [1.29, 1.82) is 0 Å². The minimum Gasteiger partial charge on any atom is -0.493 e. The number of ether oxygens (including phenoxy) is 4. The highest BCUT2D eigenvalue weighted by molar-refractivity contribution is 5.95. The van der Waals surface area contributed by atoms with Crippen molar-refractivity contribution < 1.29 is 28.5 Å². The first kappa shape index (κ1) is 26.2. The molecule has 9 nitrogen and oxygen atoms in total. The first-order valence-corrected chi connectivity index (χ1v) is 13.3. The molecule has 2 fully saturated rings. The Morgan fingerprint density at radius 3 is 2.50 bits per heavy atom. The molecule has 38 heavy (non-hydrogen) atoms. The number of carbonyl (C=O) groups is 2. The molecule has 204 valence electrons. The minimum absolute atomic E-state index is 0.0296.